The summed E-state index contributed by atoms with van der Waals surface area (Å²) in [5.41, 5.74) is 0. The Bertz CT molecular complexity index is 673. The van der Waals surface area contributed by atoms with E-state index in [9.17, 15) is 4.79 Å². The third kappa shape index (κ3) is 3.17. The van der Waals surface area contributed by atoms with Crippen LogP contribution in [-0.4, -0.2) is 53.0 Å². The zero-order valence-corrected chi connectivity index (χ0v) is 14.8. The van der Waals surface area contributed by atoms with Crippen molar-refractivity contribution in [2.24, 2.45) is 5.92 Å². The molecule has 124 valence electrons. The summed E-state index contributed by atoms with van der Waals surface area (Å²) in [5, 5.41) is 1.23. The van der Waals surface area contributed by atoms with Crippen molar-refractivity contribution in [2.75, 3.05) is 32.7 Å². The molecule has 3 heterocycles. The smallest absolute Gasteiger partial charge is 0.264 e. The monoisotopic (exact) mass is 331 g/mol. The van der Waals surface area contributed by atoms with E-state index in [4.69, 9.17) is 0 Å². The van der Waals surface area contributed by atoms with E-state index in [0.717, 1.165) is 37.6 Å². The number of rotatable bonds is 4. The van der Waals surface area contributed by atoms with Crippen LogP contribution in [0, 0.1) is 5.92 Å². The van der Waals surface area contributed by atoms with Crippen LogP contribution in [0.15, 0.2) is 18.5 Å². The summed E-state index contributed by atoms with van der Waals surface area (Å²) in [4.78, 5) is 18.1. The fraction of sp³-hybridized carbons (Fsp3) is 0.611. The van der Waals surface area contributed by atoms with Gasteiger partial charge in [0, 0.05) is 56.5 Å². The summed E-state index contributed by atoms with van der Waals surface area (Å²) in [6.45, 7) is 9.36. The molecular formula is C18H25N3OS. The average Bonchev–Trinajstić information content (AvgIpc) is 3.17. The molecule has 0 N–H and O–H groups in total. The lowest BCUT2D eigenvalue weighted by atomic mass is 10.2. The second kappa shape index (κ2) is 5.95. The number of nitrogens with zero attached hydrogens (tertiary/aromatic N) is 3. The molecule has 2 fully saturated rings. The van der Waals surface area contributed by atoms with Gasteiger partial charge in [-0.25, -0.2) is 0 Å². The van der Waals surface area contributed by atoms with Gasteiger partial charge in [-0.3, -0.25) is 9.69 Å². The van der Waals surface area contributed by atoms with Gasteiger partial charge >= 0.3 is 0 Å². The largest absolute Gasteiger partial charge is 0.349 e. The van der Waals surface area contributed by atoms with Crippen LogP contribution in [0.2, 0.25) is 0 Å². The fourth-order valence-electron chi connectivity index (χ4n) is 3.45. The third-order valence-corrected chi connectivity index (χ3v) is 5.88. The minimum atomic E-state index is 0.216. The number of amides is 1. The van der Waals surface area contributed by atoms with Crippen molar-refractivity contribution >= 4 is 27.3 Å². The standard InChI is InChI=1S/C18H25N3OS/c1-13(2)10-19-5-7-20(8-6-19)18(22)16-9-14-11-21(15-3-4-15)12-17(14)23-16/h9,11-13,15H,3-8,10H2,1-2H3. The first kappa shape index (κ1) is 15.2. The molecule has 1 saturated heterocycles. The molecule has 23 heavy (non-hydrogen) atoms. The van der Waals surface area contributed by atoms with E-state index in [1.54, 1.807) is 11.3 Å². The van der Waals surface area contributed by atoms with E-state index in [2.05, 4.69) is 41.8 Å². The van der Waals surface area contributed by atoms with Gasteiger partial charge in [-0.15, -0.1) is 11.3 Å². The lowest BCUT2D eigenvalue weighted by Crippen LogP contribution is -2.49. The first-order chi connectivity index (χ1) is 11.1. The van der Waals surface area contributed by atoms with E-state index in [0.29, 0.717) is 12.0 Å². The molecule has 0 unspecified atom stereocenters. The van der Waals surface area contributed by atoms with Gasteiger partial charge in [-0.2, -0.15) is 0 Å². The Hall–Kier alpha value is -1.33. The van der Waals surface area contributed by atoms with Gasteiger partial charge in [0.2, 0.25) is 0 Å². The fourth-order valence-corrected chi connectivity index (χ4v) is 4.49. The second-order valence-corrected chi connectivity index (χ2v) is 8.44. The Morgan fingerprint density at radius 2 is 1.96 bits per heavy atom. The van der Waals surface area contributed by atoms with Crippen molar-refractivity contribution in [1.29, 1.82) is 0 Å². The van der Waals surface area contributed by atoms with Crippen LogP contribution in [-0.2, 0) is 0 Å². The van der Waals surface area contributed by atoms with Gasteiger partial charge < -0.3 is 9.47 Å². The highest BCUT2D eigenvalue weighted by Gasteiger charge is 2.26. The van der Waals surface area contributed by atoms with Gasteiger partial charge in [-0.1, -0.05) is 13.8 Å². The van der Waals surface area contributed by atoms with E-state index >= 15 is 0 Å². The number of fused-ring (bicyclic) bond motifs is 1. The Balaban J connectivity index is 1.41. The molecule has 4 nitrogen and oxygen atoms in total. The molecule has 0 atom stereocenters. The summed E-state index contributed by atoms with van der Waals surface area (Å²) in [5.74, 6) is 0.909. The number of carbonyl (C=O) groups is 1. The number of carbonyl (C=O) groups excluding carboxylic acids is 1. The first-order valence-electron chi connectivity index (χ1n) is 8.73. The molecule has 0 radical (unpaired) electrons. The highest BCUT2D eigenvalue weighted by atomic mass is 32.1. The second-order valence-electron chi connectivity index (χ2n) is 7.35. The van der Waals surface area contributed by atoms with Crippen LogP contribution in [0.4, 0.5) is 0 Å². The molecule has 1 amide bonds. The number of hydrogen-bond donors (Lipinski definition) is 0. The number of hydrogen-bond acceptors (Lipinski definition) is 3. The molecule has 2 aliphatic rings. The Morgan fingerprint density at radius 3 is 2.57 bits per heavy atom. The Morgan fingerprint density at radius 1 is 1.22 bits per heavy atom. The lowest BCUT2D eigenvalue weighted by Gasteiger charge is -2.35. The molecule has 0 spiro atoms. The maximum absolute atomic E-state index is 12.7. The normalized spacial score (nSPS) is 19.9. The summed E-state index contributed by atoms with van der Waals surface area (Å²) in [7, 11) is 0. The molecule has 0 bridgehead atoms. The van der Waals surface area contributed by atoms with Gasteiger partial charge in [0.1, 0.15) is 0 Å². The molecular weight excluding hydrogens is 306 g/mol. The molecule has 5 heteroatoms. The molecule has 4 rings (SSSR count). The zero-order valence-electron chi connectivity index (χ0n) is 14.0. The van der Waals surface area contributed by atoms with Crippen molar-refractivity contribution < 1.29 is 4.79 Å². The Kier molecular flexibility index (Phi) is 3.93. The number of thiophene rings is 1. The summed E-state index contributed by atoms with van der Waals surface area (Å²) >= 11 is 1.65. The minimum absolute atomic E-state index is 0.216. The zero-order chi connectivity index (χ0) is 16.0. The quantitative estimate of drug-likeness (QED) is 0.858. The van der Waals surface area contributed by atoms with Gasteiger partial charge in [-0.05, 0) is 24.8 Å². The molecule has 1 aliphatic carbocycles. The predicted octanol–water partition coefficient (Wildman–Crippen LogP) is 3.45. The van der Waals surface area contributed by atoms with Crippen LogP contribution < -0.4 is 0 Å². The van der Waals surface area contributed by atoms with Gasteiger partial charge in [0.15, 0.2) is 0 Å². The molecule has 2 aromatic heterocycles. The van der Waals surface area contributed by atoms with Crippen LogP contribution in [0.25, 0.3) is 10.1 Å². The molecule has 0 aromatic carbocycles. The van der Waals surface area contributed by atoms with Crippen LogP contribution in [0.5, 0.6) is 0 Å². The predicted molar refractivity (Wildman–Crippen MR) is 95.3 cm³/mol. The third-order valence-electron chi connectivity index (χ3n) is 4.81. The highest BCUT2D eigenvalue weighted by Crippen LogP contribution is 2.38. The summed E-state index contributed by atoms with van der Waals surface area (Å²) in [6.07, 6.45) is 7.03. The van der Waals surface area contributed by atoms with Crippen molar-refractivity contribution in [2.45, 2.75) is 32.7 Å². The number of piperazine rings is 1. The van der Waals surface area contributed by atoms with Gasteiger partial charge in [0.05, 0.1) is 9.58 Å². The van der Waals surface area contributed by atoms with E-state index in [1.807, 2.05) is 4.90 Å². The van der Waals surface area contributed by atoms with Crippen molar-refractivity contribution in [1.82, 2.24) is 14.4 Å². The molecule has 2 aromatic rings. The average molecular weight is 331 g/mol. The van der Waals surface area contributed by atoms with Crippen molar-refractivity contribution in [3.8, 4) is 0 Å². The summed E-state index contributed by atoms with van der Waals surface area (Å²) in [6, 6.07) is 2.80. The van der Waals surface area contributed by atoms with Crippen LogP contribution >= 0.6 is 11.3 Å². The van der Waals surface area contributed by atoms with Gasteiger partial charge in [0.25, 0.3) is 5.91 Å². The van der Waals surface area contributed by atoms with E-state index in [-0.39, 0.29) is 5.91 Å². The molecule has 1 aliphatic heterocycles. The topological polar surface area (TPSA) is 28.5 Å². The van der Waals surface area contributed by atoms with Crippen molar-refractivity contribution in [3.63, 3.8) is 0 Å². The maximum Gasteiger partial charge on any atom is 0.264 e. The molecule has 1 saturated carbocycles. The van der Waals surface area contributed by atoms with Crippen LogP contribution in [0.1, 0.15) is 42.4 Å². The Labute approximate surface area is 141 Å². The summed E-state index contributed by atoms with van der Waals surface area (Å²) < 4.78 is 3.57. The maximum atomic E-state index is 12.7. The SMILES string of the molecule is CC(C)CN1CCN(C(=O)c2cc3cn(C4CC4)cc3s2)CC1. The number of aromatic nitrogens is 1. The first-order valence-corrected chi connectivity index (χ1v) is 9.54. The van der Waals surface area contributed by atoms with E-state index < -0.39 is 0 Å². The lowest BCUT2D eigenvalue weighted by molar-refractivity contribution is 0.0628. The highest BCUT2D eigenvalue weighted by molar-refractivity contribution is 7.20. The van der Waals surface area contributed by atoms with Crippen molar-refractivity contribution in [3.05, 3.63) is 23.3 Å². The van der Waals surface area contributed by atoms with E-state index in [1.165, 1.54) is 22.9 Å². The minimum Gasteiger partial charge on any atom is -0.349 e. The van der Waals surface area contributed by atoms with Crippen LogP contribution in [0.3, 0.4) is 0 Å².